The molecule has 3 nitrogen and oxygen atoms in total. The van der Waals surface area contributed by atoms with Gasteiger partial charge in [-0.3, -0.25) is 0 Å². The second kappa shape index (κ2) is 8.45. The molecule has 112 valence electrons. The van der Waals surface area contributed by atoms with Crippen LogP contribution in [0.4, 0.5) is 0 Å². The van der Waals surface area contributed by atoms with Gasteiger partial charge in [-0.05, 0) is 41.8 Å². The van der Waals surface area contributed by atoms with Gasteiger partial charge in [0.05, 0.1) is 13.7 Å². The van der Waals surface area contributed by atoms with Crippen LogP contribution in [0.15, 0.2) is 48.5 Å². The first-order valence-electron chi connectivity index (χ1n) is 7.22. The molecule has 0 aromatic heterocycles. The largest absolute Gasteiger partial charge is 0.497 e. The van der Waals surface area contributed by atoms with Crippen molar-refractivity contribution in [3.63, 3.8) is 0 Å². The van der Waals surface area contributed by atoms with Crippen molar-refractivity contribution < 1.29 is 9.47 Å². The Morgan fingerprint density at radius 3 is 2.05 bits per heavy atom. The van der Waals surface area contributed by atoms with E-state index in [4.69, 9.17) is 9.47 Å². The van der Waals surface area contributed by atoms with Crippen molar-refractivity contribution in [1.29, 1.82) is 0 Å². The summed E-state index contributed by atoms with van der Waals surface area (Å²) >= 11 is 0. The first-order valence-corrected chi connectivity index (χ1v) is 7.22. The average molecular weight is 285 g/mol. The molecule has 0 aliphatic rings. The van der Waals surface area contributed by atoms with Crippen molar-refractivity contribution in [3.05, 3.63) is 65.2 Å². The number of nitrogens with one attached hydrogen (secondary N) is 1. The molecule has 2 aromatic carbocycles. The third-order valence-corrected chi connectivity index (χ3v) is 3.41. The summed E-state index contributed by atoms with van der Waals surface area (Å²) in [4.78, 5) is 0. The minimum atomic E-state index is 0.672. The van der Waals surface area contributed by atoms with E-state index in [2.05, 4.69) is 41.7 Å². The van der Waals surface area contributed by atoms with Crippen LogP contribution in [0.25, 0.3) is 0 Å². The molecule has 2 rings (SSSR count). The highest BCUT2D eigenvalue weighted by Crippen LogP contribution is 2.11. The quantitative estimate of drug-likeness (QED) is 0.756. The van der Waals surface area contributed by atoms with Crippen LogP contribution in [-0.2, 0) is 24.3 Å². The maximum atomic E-state index is 5.16. The van der Waals surface area contributed by atoms with E-state index in [9.17, 15) is 0 Å². The molecule has 1 N–H and O–H groups in total. The molecule has 0 fully saturated rings. The van der Waals surface area contributed by atoms with Gasteiger partial charge in [-0.25, -0.2) is 0 Å². The molecule has 0 unspecified atom stereocenters. The second-order valence-electron chi connectivity index (χ2n) is 5.02. The van der Waals surface area contributed by atoms with Gasteiger partial charge in [-0.15, -0.1) is 0 Å². The van der Waals surface area contributed by atoms with Crippen molar-refractivity contribution in [3.8, 4) is 5.75 Å². The number of hydrogen-bond acceptors (Lipinski definition) is 3. The SMILES string of the molecule is COCc1ccc(CNCCc2ccc(OC)cc2)cc1. The highest BCUT2D eigenvalue weighted by Gasteiger charge is 1.97. The lowest BCUT2D eigenvalue weighted by Gasteiger charge is -2.07. The minimum absolute atomic E-state index is 0.672. The van der Waals surface area contributed by atoms with Gasteiger partial charge in [0.25, 0.3) is 0 Å². The van der Waals surface area contributed by atoms with E-state index < -0.39 is 0 Å². The summed E-state index contributed by atoms with van der Waals surface area (Å²) < 4.78 is 10.3. The zero-order valence-corrected chi connectivity index (χ0v) is 12.8. The highest BCUT2D eigenvalue weighted by atomic mass is 16.5. The van der Waals surface area contributed by atoms with Crippen LogP contribution in [0.3, 0.4) is 0 Å². The smallest absolute Gasteiger partial charge is 0.118 e. The normalized spacial score (nSPS) is 10.6. The lowest BCUT2D eigenvalue weighted by molar-refractivity contribution is 0.185. The average Bonchev–Trinajstić information content (AvgIpc) is 2.54. The Morgan fingerprint density at radius 2 is 1.43 bits per heavy atom. The van der Waals surface area contributed by atoms with Crippen molar-refractivity contribution in [1.82, 2.24) is 5.32 Å². The molecule has 21 heavy (non-hydrogen) atoms. The molecule has 0 heterocycles. The number of benzene rings is 2. The summed E-state index contributed by atoms with van der Waals surface area (Å²) in [6.07, 6.45) is 1.02. The van der Waals surface area contributed by atoms with Crippen LogP contribution in [0.5, 0.6) is 5.75 Å². The topological polar surface area (TPSA) is 30.5 Å². The van der Waals surface area contributed by atoms with E-state index in [0.717, 1.165) is 25.3 Å². The molecule has 0 atom stereocenters. The Hall–Kier alpha value is -1.84. The first kappa shape index (κ1) is 15.5. The molecule has 0 aliphatic heterocycles. The van der Waals surface area contributed by atoms with Crippen LogP contribution in [0.1, 0.15) is 16.7 Å². The molecular weight excluding hydrogens is 262 g/mol. The Morgan fingerprint density at radius 1 is 0.810 bits per heavy atom. The fourth-order valence-corrected chi connectivity index (χ4v) is 2.18. The summed E-state index contributed by atoms with van der Waals surface area (Å²) in [5, 5.41) is 3.47. The lowest BCUT2D eigenvalue weighted by Crippen LogP contribution is -2.16. The Labute approximate surface area is 126 Å². The number of methoxy groups -OCH3 is 2. The standard InChI is InChI=1S/C18H23NO2/c1-20-14-17-5-3-16(4-6-17)13-19-12-11-15-7-9-18(21-2)10-8-15/h3-10,19H,11-14H2,1-2H3. The molecule has 0 spiro atoms. The van der Waals surface area contributed by atoms with Gasteiger partial charge in [0, 0.05) is 13.7 Å². The van der Waals surface area contributed by atoms with Gasteiger partial charge in [0.15, 0.2) is 0 Å². The molecule has 2 aromatic rings. The van der Waals surface area contributed by atoms with Gasteiger partial charge in [0.2, 0.25) is 0 Å². The third-order valence-electron chi connectivity index (χ3n) is 3.41. The van der Waals surface area contributed by atoms with E-state index in [1.165, 1.54) is 16.7 Å². The maximum absolute atomic E-state index is 5.16. The number of hydrogen-bond donors (Lipinski definition) is 1. The maximum Gasteiger partial charge on any atom is 0.118 e. The van der Waals surface area contributed by atoms with Crippen molar-refractivity contribution in [2.24, 2.45) is 0 Å². The fraction of sp³-hybridized carbons (Fsp3) is 0.333. The number of rotatable bonds is 8. The molecule has 0 bridgehead atoms. The molecule has 0 radical (unpaired) electrons. The Balaban J connectivity index is 1.71. The van der Waals surface area contributed by atoms with Crippen LogP contribution < -0.4 is 10.1 Å². The Bertz CT molecular complexity index is 520. The zero-order valence-electron chi connectivity index (χ0n) is 12.8. The summed E-state index contributed by atoms with van der Waals surface area (Å²) in [6.45, 7) is 2.53. The summed E-state index contributed by atoms with van der Waals surface area (Å²) in [6, 6.07) is 16.8. The zero-order chi connectivity index (χ0) is 14.9. The lowest BCUT2D eigenvalue weighted by atomic mass is 10.1. The van der Waals surface area contributed by atoms with Crippen molar-refractivity contribution in [2.45, 2.75) is 19.6 Å². The predicted octanol–water partition coefficient (Wildman–Crippen LogP) is 3.17. The summed E-state index contributed by atoms with van der Waals surface area (Å²) in [5.74, 6) is 0.905. The van der Waals surface area contributed by atoms with Crippen LogP contribution in [0.2, 0.25) is 0 Å². The van der Waals surface area contributed by atoms with E-state index in [-0.39, 0.29) is 0 Å². The van der Waals surface area contributed by atoms with Crippen molar-refractivity contribution in [2.75, 3.05) is 20.8 Å². The van der Waals surface area contributed by atoms with Crippen LogP contribution in [0, 0.1) is 0 Å². The van der Waals surface area contributed by atoms with E-state index in [1.54, 1.807) is 14.2 Å². The molecule has 0 amide bonds. The number of ether oxygens (including phenoxy) is 2. The van der Waals surface area contributed by atoms with E-state index in [1.807, 2.05) is 12.1 Å². The first-order chi connectivity index (χ1) is 10.3. The minimum Gasteiger partial charge on any atom is -0.497 e. The second-order valence-corrected chi connectivity index (χ2v) is 5.02. The van der Waals surface area contributed by atoms with Gasteiger partial charge in [-0.1, -0.05) is 36.4 Å². The monoisotopic (exact) mass is 285 g/mol. The Kier molecular flexibility index (Phi) is 6.25. The summed E-state index contributed by atoms with van der Waals surface area (Å²) in [7, 11) is 3.41. The van der Waals surface area contributed by atoms with Gasteiger partial charge in [0.1, 0.15) is 5.75 Å². The van der Waals surface area contributed by atoms with E-state index >= 15 is 0 Å². The third kappa shape index (κ3) is 5.21. The summed E-state index contributed by atoms with van der Waals surface area (Å²) in [5.41, 5.74) is 3.82. The van der Waals surface area contributed by atoms with Gasteiger partial charge < -0.3 is 14.8 Å². The van der Waals surface area contributed by atoms with Crippen LogP contribution >= 0.6 is 0 Å². The van der Waals surface area contributed by atoms with Crippen molar-refractivity contribution >= 4 is 0 Å². The highest BCUT2D eigenvalue weighted by molar-refractivity contribution is 5.27. The molecular formula is C18H23NO2. The van der Waals surface area contributed by atoms with Crippen LogP contribution in [-0.4, -0.2) is 20.8 Å². The van der Waals surface area contributed by atoms with Gasteiger partial charge >= 0.3 is 0 Å². The molecule has 0 saturated heterocycles. The fourth-order valence-electron chi connectivity index (χ4n) is 2.18. The van der Waals surface area contributed by atoms with E-state index in [0.29, 0.717) is 6.61 Å². The predicted molar refractivity (Wildman–Crippen MR) is 85.6 cm³/mol. The molecule has 3 heteroatoms. The van der Waals surface area contributed by atoms with Gasteiger partial charge in [-0.2, -0.15) is 0 Å². The molecule has 0 aliphatic carbocycles. The molecule has 0 saturated carbocycles.